The molecule has 0 amide bonds. The fourth-order valence-electron chi connectivity index (χ4n) is 2.51. The molecule has 0 aromatic carbocycles. The van der Waals surface area contributed by atoms with E-state index in [-0.39, 0.29) is 17.1 Å². The second kappa shape index (κ2) is 8.69. The van der Waals surface area contributed by atoms with Gasteiger partial charge in [0.2, 0.25) is 0 Å². The Balaban J connectivity index is 2.27. The number of carbonyl (C=O) groups is 1. The number of carbonyl (C=O) groups excluding carboxylic acids is 1. The molecule has 1 rings (SSSR count). The first-order valence-corrected chi connectivity index (χ1v) is 8.89. The van der Waals surface area contributed by atoms with Crippen LogP contribution in [0.5, 0.6) is 0 Å². The molecule has 1 saturated carbocycles. The second-order valence-corrected chi connectivity index (χ2v) is 7.17. The monoisotopic (exact) mass is 289 g/mol. The molecule has 5 heteroatoms. The Morgan fingerprint density at radius 2 is 2.21 bits per heavy atom. The molecule has 4 atom stereocenters. The third kappa shape index (κ3) is 6.04. The molecule has 0 bridgehead atoms. The van der Waals surface area contributed by atoms with Crippen molar-refractivity contribution in [3.05, 3.63) is 0 Å². The fraction of sp³-hybridized carbons (Fsp3) is 0.929. The Hall–Kier alpha value is -0.420. The first-order valence-electron chi connectivity index (χ1n) is 7.26. The predicted molar refractivity (Wildman–Crippen MR) is 78.5 cm³/mol. The van der Waals surface area contributed by atoms with Crippen LogP contribution in [0, 0.1) is 5.92 Å². The molecule has 4 unspecified atom stereocenters. The molecule has 0 heterocycles. The summed E-state index contributed by atoms with van der Waals surface area (Å²) >= 11 is 0. The molecule has 4 nitrogen and oxygen atoms in total. The minimum Gasteiger partial charge on any atom is -0.466 e. The van der Waals surface area contributed by atoms with Gasteiger partial charge >= 0.3 is 5.97 Å². The number of hydrogen-bond acceptors (Lipinski definition) is 4. The summed E-state index contributed by atoms with van der Waals surface area (Å²) in [7, 11) is -0.748. The van der Waals surface area contributed by atoms with Crippen molar-refractivity contribution >= 4 is 16.8 Å². The molecule has 0 aliphatic heterocycles. The Bertz CT molecular complexity index is 309. The van der Waals surface area contributed by atoms with Crippen LogP contribution in [-0.4, -0.2) is 40.9 Å². The molecular weight excluding hydrogens is 262 g/mol. The summed E-state index contributed by atoms with van der Waals surface area (Å²) in [4.78, 5) is 11.7. The molecule has 0 radical (unpaired) electrons. The van der Waals surface area contributed by atoms with Crippen molar-refractivity contribution in [3.8, 4) is 0 Å². The normalized spacial score (nSPS) is 26.7. The second-order valence-electron chi connectivity index (χ2n) is 5.36. The average molecular weight is 289 g/mol. The zero-order valence-electron chi connectivity index (χ0n) is 12.3. The van der Waals surface area contributed by atoms with Gasteiger partial charge in [0.25, 0.3) is 0 Å². The van der Waals surface area contributed by atoms with E-state index in [4.69, 9.17) is 4.74 Å². The number of ether oxygens (including phenoxy) is 1. The van der Waals surface area contributed by atoms with Crippen LogP contribution < -0.4 is 5.32 Å². The SMILES string of the molecule is CCOC(=O)C1CCCC(NCCC(C)S(C)=O)C1. The van der Waals surface area contributed by atoms with Crippen LogP contribution in [0.15, 0.2) is 0 Å². The molecule has 1 fully saturated rings. The van der Waals surface area contributed by atoms with E-state index in [0.717, 1.165) is 38.6 Å². The largest absolute Gasteiger partial charge is 0.466 e. The van der Waals surface area contributed by atoms with E-state index in [0.29, 0.717) is 12.6 Å². The van der Waals surface area contributed by atoms with Gasteiger partial charge in [0.1, 0.15) is 0 Å². The van der Waals surface area contributed by atoms with E-state index in [1.54, 1.807) is 6.26 Å². The first kappa shape index (κ1) is 16.6. The zero-order chi connectivity index (χ0) is 14.3. The zero-order valence-corrected chi connectivity index (χ0v) is 13.1. The molecule has 0 aromatic rings. The number of hydrogen-bond donors (Lipinski definition) is 1. The van der Waals surface area contributed by atoms with Gasteiger partial charge in [-0.3, -0.25) is 9.00 Å². The molecule has 1 aliphatic rings. The van der Waals surface area contributed by atoms with Gasteiger partial charge in [-0.05, 0) is 39.2 Å². The van der Waals surface area contributed by atoms with Crippen LogP contribution in [0.1, 0.15) is 46.0 Å². The van der Waals surface area contributed by atoms with Gasteiger partial charge in [-0.15, -0.1) is 0 Å². The van der Waals surface area contributed by atoms with Gasteiger partial charge in [-0.25, -0.2) is 0 Å². The quantitative estimate of drug-likeness (QED) is 0.727. The standard InChI is InChI=1S/C14H27NO3S/c1-4-18-14(16)12-6-5-7-13(10-12)15-9-8-11(2)19(3)17/h11-13,15H,4-10H2,1-3H3. The molecule has 0 spiro atoms. The summed E-state index contributed by atoms with van der Waals surface area (Å²) in [6, 6.07) is 0.403. The Morgan fingerprint density at radius 1 is 1.47 bits per heavy atom. The minimum atomic E-state index is -0.748. The van der Waals surface area contributed by atoms with Crippen LogP contribution in [0.2, 0.25) is 0 Å². The highest BCUT2D eigenvalue weighted by Crippen LogP contribution is 2.25. The van der Waals surface area contributed by atoms with Crippen LogP contribution in [0.25, 0.3) is 0 Å². The van der Waals surface area contributed by atoms with Gasteiger partial charge in [-0.2, -0.15) is 0 Å². The summed E-state index contributed by atoms with van der Waals surface area (Å²) in [5.74, 6) is 0.0148. The third-order valence-electron chi connectivity index (χ3n) is 3.84. The predicted octanol–water partition coefficient (Wildman–Crippen LogP) is 1.85. The number of esters is 1. The highest BCUT2D eigenvalue weighted by molar-refractivity contribution is 7.84. The van der Waals surface area contributed by atoms with Crippen molar-refractivity contribution in [2.45, 2.75) is 57.2 Å². The van der Waals surface area contributed by atoms with Crippen LogP contribution in [-0.2, 0) is 20.3 Å². The molecule has 19 heavy (non-hydrogen) atoms. The van der Waals surface area contributed by atoms with E-state index in [1.807, 2.05) is 13.8 Å². The molecule has 0 saturated heterocycles. The topological polar surface area (TPSA) is 55.4 Å². The van der Waals surface area contributed by atoms with Crippen LogP contribution in [0.4, 0.5) is 0 Å². The molecule has 0 aromatic heterocycles. The fourth-order valence-corrected chi connectivity index (χ4v) is 2.96. The molecule has 1 aliphatic carbocycles. The maximum Gasteiger partial charge on any atom is 0.308 e. The lowest BCUT2D eigenvalue weighted by Crippen LogP contribution is -2.38. The van der Waals surface area contributed by atoms with E-state index in [9.17, 15) is 9.00 Å². The smallest absolute Gasteiger partial charge is 0.308 e. The van der Waals surface area contributed by atoms with Crippen molar-refractivity contribution in [2.24, 2.45) is 5.92 Å². The highest BCUT2D eigenvalue weighted by Gasteiger charge is 2.27. The summed E-state index contributed by atoms with van der Waals surface area (Å²) in [6.45, 7) is 5.21. The molecule has 112 valence electrons. The van der Waals surface area contributed by atoms with Gasteiger partial charge in [0.15, 0.2) is 0 Å². The maximum absolute atomic E-state index is 11.7. The molecule has 1 N–H and O–H groups in total. The van der Waals surface area contributed by atoms with E-state index < -0.39 is 10.8 Å². The van der Waals surface area contributed by atoms with E-state index in [2.05, 4.69) is 5.32 Å². The van der Waals surface area contributed by atoms with E-state index >= 15 is 0 Å². The van der Waals surface area contributed by atoms with Crippen molar-refractivity contribution in [1.82, 2.24) is 5.32 Å². The van der Waals surface area contributed by atoms with Gasteiger partial charge in [0, 0.05) is 28.3 Å². The number of rotatable bonds is 7. The van der Waals surface area contributed by atoms with Gasteiger partial charge < -0.3 is 10.1 Å². The van der Waals surface area contributed by atoms with Crippen LogP contribution in [0.3, 0.4) is 0 Å². The lowest BCUT2D eigenvalue weighted by molar-refractivity contribution is -0.149. The Kier molecular flexibility index (Phi) is 7.61. The summed E-state index contributed by atoms with van der Waals surface area (Å²) < 4.78 is 16.4. The lowest BCUT2D eigenvalue weighted by atomic mass is 9.85. The average Bonchev–Trinajstić information content (AvgIpc) is 2.39. The third-order valence-corrected chi connectivity index (χ3v) is 5.21. The van der Waals surface area contributed by atoms with Gasteiger partial charge in [0.05, 0.1) is 12.5 Å². The Labute approximate surface area is 119 Å². The van der Waals surface area contributed by atoms with Crippen molar-refractivity contribution < 1.29 is 13.7 Å². The van der Waals surface area contributed by atoms with Crippen LogP contribution >= 0.6 is 0 Å². The van der Waals surface area contributed by atoms with E-state index in [1.165, 1.54) is 0 Å². The highest BCUT2D eigenvalue weighted by atomic mass is 32.2. The summed E-state index contributed by atoms with van der Waals surface area (Å²) in [5.41, 5.74) is 0. The summed E-state index contributed by atoms with van der Waals surface area (Å²) in [6.07, 6.45) is 6.70. The lowest BCUT2D eigenvalue weighted by Gasteiger charge is -2.28. The Morgan fingerprint density at radius 3 is 2.84 bits per heavy atom. The first-order chi connectivity index (χ1) is 9.04. The van der Waals surface area contributed by atoms with Crippen molar-refractivity contribution in [3.63, 3.8) is 0 Å². The van der Waals surface area contributed by atoms with Crippen molar-refractivity contribution in [1.29, 1.82) is 0 Å². The van der Waals surface area contributed by atoms with Gasteiger partial charge in [-0.1, -0.05) is 13.3 Å². The molecular formula is C14H27NO3S. The number of nitrogens with one attached hydrogen (secondary N) is 1. The maximum atomic E-state index is 11.7. The van der Waals surface area contributed by atoms with Crippen molar-refractivity contribution in [2.75, 3.05) is 19.4 Å². The summed E-state index contributed by atoms with van der Waals surface area (Å²) in [5, 5.41) is 3.73. The minimum absolute atomic E-state index is 0.0444.